The first-order valence-electron chi connectivity index (χ1n) is 7.06. The Balaban J connectivity index is 1.96. The Kier molecular flexibility index (Phi) is 4.47. The van der Waals surface area contributed by atoms with E-state index in [1.165, 1.54) is 0 Å². The molecule has 0 radical (unpaired) electrons. The van der Waals surface area contributed by atoms with Crippen LogP contribution in [-0.4, -0.2) is 16.9 Å². The van der Waals surface area contributed by atoms with Crippen LogP contribution in [0.2, 0.25) is 0 Å². The SMILES string of the molecule is C(=NN=C(c1ccccc1)c1ccccc1)c1ccccn1. The first-order valence-corrected chi connectivity index (χ1v) is 7.06. The van der Waals surface area contributed by atoms with E-state index < -0.39 is 0 Å². The van der Waals surface area contributed by atoms with Gasteiger partial charge in [-0.15, -0.1) is 5.10 Å². The maximum atomic E-state index is 4.41. The number of benzene rings is 2. The lowest BCUT2D eigenvalue weighted by molar-refractivity contribution is 1.22. The lowest BCUT2D eigenvalue weighted by Crippen LogP contribution is -2.02. The van der Waals surface area contributed by atoms with Crippen LogP contribution in [0.3, 0.4) is 0 Å². The Morgan fingerprint density at radius 3 is 1.86 bits per heavy atom. The van der Waals surface area contributed by atoms with Crippen LogP contribution in [0.1, 0.15) is 16.8 Å². The number of pyridine rings is 1. The minimum atomic E-state index is 0.784. The molecule has 0 bridgehead atoms. The van der Waals surface area contributed by atoms with Crippen molar-refractivity contribution in [1.82, 2.24) is 4.98 Å². The van der Waals surface area contributed by atoms with Crippen molar-refractivity contribution in [3.63, 3.8) is 0 Å². The van der Waals surface area contributed by atoms with Crippen LogP contribution >= 0.6 is 0 Å². The Morgan fingerprint density at radius 1 is 0.727 bits per heavy atom. The number of aromatic nitrogens is 1. The van der Waals surface area contributed by atoms with Crippen LogP contribution in [0, 0.1) is 0 Å². The predicted octanol–water partition coefficient (Wildman–Crippen LogP) is 3.95. The molecule has 3 heteroatoms. The molecule has 0 aliphatic rings. The predicted molar refractivity (Wildman–Crippen MR) is 90.4 cm³/mol. The summed E-state index contributed by atoms with van der Waals surface area (Å²) in [6, 6.07) is 25.8. The molecule has 3 rings (SSSR count). The van der Waals surface area contributed by atoms with Gasteiger partial charge in [-0.2, -0.15) is 5.10 Å². The fraction of sp³-hybridized carbons (Fsp3) is 0. The Bertz CT molecular complexity index is 722. The average Bonchev–Trinajstić information content (AvgIpc) is 2.61. The molecule has 1 aromatic heterocycles. The molecule has 0 fully saturated rings. The monoisotopic (exact) mass is 285 g/mol. The van der Waals surface area contributed by atoms with Gasteiger partial charge in [0.15, 0.2) is 0 Å². The van der Waals surface area contributed by atoms with Crippen LogP contribution in [-0.2, 0) is 0 Å². The number of rotatable bonds is 4. The summed E-state index contributed by atoms with van der Waals surface area (Å²) in [7, 11) is 0. The number of nitrogens with zero attached hydrogens (tertiary/aromatic N) is 3. The maximum Gasteiger partial charge on any atom is 0.100 e. The van der Waals surface area contributed by atoms with E-state index in [0.717, 1.165) is 22.5 Å². The Labute approximate surface area is 129 Å². The smallest absolute Gasteiger partial charge is 0.100 e. The first-order chi connectivity index (χ1) is 10.9. The molecule has 0 saturated heterocycles. The highest BCUT2D eigenvalue weighted by atomic mass is 15.2. The van der Waals surface area contributed by atoms with E-state index in [4.69, 9.17) is 0 Å². The van der Waals surface area contributed by atoms with Gasteiger partial charge in [-0.1, -0.05) is 66.7 Å². The van der Waals surface area contributed by atoms with Gasteiger partial charge >= 0.3 is 0 Å². The third-order valence-electron chi connectivity index (χ3n) is 3.13. The van der Waals surface area contributed by atoms with Gasteiger partial charge in [0.1, 0.15) is 5.71 Å². The lowest BCUT2D eigenvalue weighted by atomic mass is 10.0. The van der Waals surface area contributed by atoms with E-state index >= 15 is 0 Å². The van der Waals surface area contributed by atoms with Crippen molar-refractivity contribution in [3.05, 3.63) is 102 Å². The minimum absolute atomic E-state index is 0.784. The van der Waals surface area contributed by atoms with Gasteiger partial charge in [-0.25, -0.2) is 0 Å². The zero-order valence-electron chi connectivity index (χ0n) is 12.0. The van der Waals surface area contributed by atoms with E-state index in [1.807, 2.05) is 78.9 Å². The quantitative estimate of drug-likeness (QED) is 0.528. The van der Waals surface area contributed by atoms with Crippen molar-refractivity contribution in [2.75, 3.05) is 0 Å². The largest absolute Gasteiger partial charge is 0.255 e. The van der Waals surface area contributed by atoms with Crippen LogP contribution in [0.15, 0.2) is 95.3 Å². The minimum Gasteiger partial charge on any atom is -0.255 e. The summed E-state index contributed by atoms with van der Waals surface area (Å²) in [5.74, 6) is 0. The summed E-state index contributed by atoms with van der Waals surface area (Å²) >= 11 is 0. The van der Waals surface area contributed by atoms with Gasteiger partial charge in [-0.3, -0.25) is 4.98 Å². The van der Waals surface area contributed by atoms with E-state index in [1.54, 1.807) is 12.4 Å². The Morgan fingerprint density at radius 2 is 1.32 bits per heavy atom. The van der Waals surface area contributed by atoms with Crippen molar-refractivity contribution in [3.8, 4) is 0 Å². The molecule has 0 spiro atoms. The molecule has 0 aliphatic carbocycles. The average molecular weight is 285 g/mol. The van der Waals surface area contributed by atoms with Gasteiger partial charge in [0.25, 0.3) is 0 Å². The molecular weight excluding hydrogens is 270 g/mol. The molecule has 3 aromatic rings. The van der Waals surface area contributed by atoms with Crippen molar-refractivity contribution in [2.24, 2.45) is 10.2 Å². The number of hydrogen-bond acceptors (Lipinski definition) is 3. The topological polar surface area (TPSA) is 37.6 Å². The standard InChI is InChI=1S/C19H15N3/c1-3-9-16(10-4-1)19(17-11-5-2-6-12-17)22-21-15-18-13-7-8-14-20-18/h1-15H. The first kappa shape index (κ1) is 13.9. The molecule has 22 heavy (non-hydrogen) atoms. The Hall–Kier alpha value is -3.07. The molecule has 0 N–H and O–H groups in total. The van der Waals surface area contributed by atoms with Crippen LogP contribution in [0.5, 0.6) is 0 Å². The highest BCUT2D eigenvalue weighted by Gasteiger charge is 2.05. The second kappa shape index (κ2) is 7.09. The molecule has 0 amide bonds. The second-order valence-electron chi connectivity index (χ2n) is 4.68. The molecule has 0 aliphatic heterocycles. The van der Waals surface area contributed by atoms with Crippen LogP contribution in [0.4, 0.5) is 0 Å². The molecule has 0 saturated carbocycles. The molecule has 0 atom stereocenters. The van der Waals surface area contributed by atoms with E-state index in [2.05, 4.69) is 15.2 Å². The maximum absolute atomic E-state index is 4.41. The van der Waals surface area contributed by atoms with Gasteiger partial charge in [-0.05, 0) is 12.1 Å². The van der Waals surface area contributed by atoms with E-state index in [-0.39, 0.29) is 0 Å². The van der Waals surface area contributed by atoms with E-state index in [9.17, 15) is 0 Å². The highest BCUT2D eigenvalue weighted by molar-refractivity contribution is 6.12. The van der Waals surface area contributed by atoms with Crippen molar-refractivity contribution >= 4 is 11.9 Å². The third-order valence-corrected chi connectivity index (χ3v) is 3.13. The molecule has 106 valence electrons. The van der Waals surface area contributed by atoms with E-state index in [0.29, 0.717) is 0 Å². The third kappa shape index (κ3) is 3.52. The van der Waals surface area contributed by atoms with Gasteiger partial charge in [0, 0.05) is 17.3 Å². The summed E-state index contributed by atoms with van der Waals surface area (Å²) in [4.78, 5) is 4.20. The molecular formula is C19H15N3. The number of hydrogen-bond donors (Lipinski definition) is 0. The zero-order valence-corrected chi connectivity index (χ0v) is 12.0. The summed E-state index contributed by atoms with van der Waals surface area (Å²) in [6.07, 6.45) is 3.40. The highest BCUT2D eigenvalue weighted by Crippen LogP contribution is 2.11. The molecule has 3 nitrogen and oxygen atoms in total. The fourth-order valence-corrected chi connectivity index (χ4v) is 2.07. The lowest BCUT2D eigenvalue weighted by Gasteiger charge is -2.04. The van der Waals surface area contributed by atoms with Crippen molar-refractivity contribution in [1.29, 1.82) is 0 Å². The summed E-state index contributed by atoms with van der Waals surface area (Å²) in [6.45, 7) is 0. The van der Waals surface area contributed by atoms with Gasteiger partial charge in [0.2, 0.25) is 0 Å². The molecule has 1 heterocycles. The fourth-order valence-electron chi connectivity index (χ4n) is 2.07. The summed E-state index contributed by atoms with van der Waals surface area (Å²) < 4.78 is 0. The van der Waals surface area contributed by atoms with Crippen molar-refractivity contribution < 1.29 is 0 Å². The van der Waals surface area contributed by atoms with Crippen LogP contribution in [0.25, 0.3) is 0 Å². The summed E-state index contributed by atoms with van der Waals surface area (Å²) in [5, 5.41) is 8.60. The van der Waals surface area contributed by atoms with Crippen molar-refractivity contribution in [2.45, 2.75) is 0 Å². The van der Waals surface area contributed by atoms with Gasteiger partial charge < -0.3 is 0 Å². The molecule has 0 unspecified atom stereocenters. The second-order valence-corrected chi connectivity index (χ2v) is 4.68. The van der Waals surface area contributed by atoms with Gasteiger partial charge in [0.05, 0.1) is 11.9 Å². The normalized spacial score (nSPS) is 10.5. The van der Waals surface area contributed by atoms with Crippen LogP contribution < -0.4 is 0 Å². The zero-order chi connectivity index (χ0) is 15.0. The molecule has 2 aromatic carbocycles. The summed E-state index contributed by atoms with van der Waals surface area (Å²) in [5.41, 5.74) is 3.69.